The molecule has 0 saturated carbocycles. The summed E-state index contributed by atoms with van der Waals surface area (Å²) in [7, 11) is 3.22. The average molecular weight is 441 g/mol. The molecular weight excluding hydrogens is 416 g/mol. The molecule has 1 unspecified atom stereocenters. The number of allylic oxidation sites excluding steroid dienone is 1. The first-order chi connectivity index (χ1) is 16.1. The lowest BCUT2D eigenvalue weighted by Crippen LogP contribution is -2.31. The number of imidazole rings is 1. The minimum atomic E-state index is -0.380. The molecule has 5 rings (SSSR count). The number of methoxy groups -OCH3 is 2. The summed E-state index contributed by atoms with van der Waals surface area (Å²) in [5.74, 6) is 1.84. The first-order valence-electron chi connectivity index (χ1n) is 10.6. The number of hydrogen-bond donors (Lipinski definition) is 2. The average Bonchev–Trinajstić information content (AvgIpc) is 3.21. The maximum Gasteiger partial charge on any atom is 0.255 e. The Hall–Kier alpha value is -4.26. The third kappa shape index (κ3) is 3.57. The predicted molar refractivity (Wildman–Crippen MR) is 129 cm³/mol. The van der Waals surface area contributed by atoms with Gasteiger partial charge in [-0.2, -0.15) is 0 Å². The number of para-hydroxylation sites is 4. The molecule has 0 saturated heterocycles. The fourth-order valence-electron chi connectivity index (χ4n) is 4.30. The second-order valence-electron chi connectivity index (χ2n) is 7.79. The summed E-state index contributed by atoms with van der Waals surface area (Å²) < 4.78 is 12.8. The molecule has 1 atom stereocenters. The van der Waals surface area contributed by atoms with E-state index in [0.29, 0.717) is 23.0 Å². The number of amides is 1. The molecule has 0 fully saturated rings. The summed E-state index contributed by atoms with van der Waals surface area (Å²) in [6, 6.07) is 22.7. The van der Waals surface area contributed by atoms with Gasteiger partial charge in [0.25, 0.3) is 5.91 Å². The van der Waals surface area contributed by atoms with Crippen LogP contribution in [-0.4, -0.2) is 29.7 Å². The summed E-state index contributed by atoms with van der Waals surface area (Å²) in [5.41, 5.74) is 4.70. The molecule has 4 aromatic rings. The molecule has 1 amide bonds. The van der Waals surface area contributed by atoms with E-state index in [0.717, 1.165) is 28.0 Å². The minimum Gasteiger partial charge on any atom is -0.497 e. The molecule has 7 nitrogen and oxygen atoms in total. The molecule has 2 heterocycles. The van der Waals surface area contributed by atoms with E-state index in [9.17, 15) is 4.79 Å². The van der Waals surface area contributed by atoms with Gasteiger partial charge in [-0.25, -0.2) is 4.98 Å². The van der Waals surface area contributed by atoms with Crippen molar-refractivity contribution in [2.75, 3.05) is 24.9 Å². The van der Waals surface area contributed by atoms with Crippen LogP contribution >= 0.6 is 0 Å². The normalized spacial score (nSPS) is 15.1. The second-order valence-corrected chi connectivity index (χ2v) is 7.79. The van der Waals surface area contributed by atoms with E-state index < -0.39 is 0 Å². The monoisotopic (exact) mass is 440 g/mol. The number of benzene rings is 3. The van der Waals surface area contributed by atoms with Crippen molar-refractivity contribution >= 4 is 28.6 Å². The highest BCUT2D eigenvalue weighted by Gasteiger charge is 2.34. The molecule has 1 aliphatic rings. The third-order valence-corrected chi connectivity index (χ3v) is 5.86. The molecule has 166 valence electrons. The van der Waals surface area contributed by atoms with E-state index in [2.05, 4.69) is 15.2 Å². The van der Waals surface area contributed by atoms with Crippen LogP contribution in [0.5, 0.6) is 11.5 Å². The minimum absolute atomic E-state index is 0.214. The van der Waals surface area contributed by atoms with Crippen LogP contribution in [0.4, 0.5) is 11.6 Å². The van der Waals surface area contributed by atoms with Gasteiger partial charge in [0.15, 0.2) is 0 Å². The highest BCUT2D eigenvalue weighted by atomic mass is 16.5. The summed E-state index contributed by atoms with van der Waals surface area (Å²) >= 11 is 0. The number of carbonyl (C=O) groups excluding carboxylic acids is 1. The van der Waals surface area contributed by atoms with Gasteiger partial charge in [0.05, 0.1) is 42.6 Å². The van der Waals surface area contributed by atoms with Crippen molar-refractivity contribution in [2.45, 2.75) is 13.0 Å². The Morgan fingerprint density at radius 3 is 2.45 bits per heavy atom. The lowest BCUT2D eigenvalue weighted by atomic mass is 9.94. The zero-order valence-electron chi connectivity index (χ0n) is 18.6. The number of ether oxygens (including phenoxy) is 2. The van der Waals surface area contributed by atoms with Crippen molar-refractivity contribution < 1.29 is 14.3 Å². The Kier molecular flexibility index (Phi) is 5.22. The molecule has 1 aliphatic heterocycles. The fraction of sp³-hybridized carbons (Fsp3) is 0.154. The maximum atomic E-state index is 13.7. The van der Waals surface area contributed by atoms with Gasteiger partial charge in [-0.05, 0) is 48.9 Å². The van der Waals surface area contributed by atoms with Crippen molar-refractivity contribution in [1.29, 1.82) is 0 Å². The number of aromatic nitrogens is 2. The Bertz CT molecular complexity index is 1370. The van der Waals surface area contributed by atoms with Crippen molar-refractivity contribution in [2.24, 2.45) is 0 Å². The number of anilines is 2. The summed E-state index contributed by atoms with van der Waals surface area (Å²) in [4.78, 5) is 18.5. The van der Waals surface area contributed by atoms with Gasteiger partial charge in [-0.1, -0.05) is 36.4 Å². The van der Waals surface area contributed by atoms with Gasteiger partial charge in [0, 0.05) is 5.70 Å². The Labute approximate surface area is 191 Å². The summed E-state index contributed by atoms with van der Waals surface area (Å²) in [6.07, 6.45) is 0. The maximum absolute atomic E-state index is 13.7. The highest BCUT2D eigenvalue weighted by molar-refractivity contribution is 6.07. The lowest BCUT2D eigenvalue weighted by molar-refractivity contribution is -0.113. The van der Waals surface area contributed by atoms with E-state index in [1.54, 1.807) is 14.2 Å². The van der Waals surface area contributed by atoms with Crippen LogP contribution in [0.15, 0.2) is 84.1 Å². The molecule has 7 heteroatoms. The number of nitrogens with zero attached hydrogens (tertiary/aromatic N) is 2. The Balaban J connectivity index is 1.65. The summed E-state index contributed by atoms with van der Waals surface area (Å²) in [6.45, 7) is 1.90. The smallest absolute Gasteiger partial charge is 0.255 e. The Morgan fingerprint density at radius 1 is 0.970 bits per heavy atom. The van der Waals surface area contributed by atoms with E-state index in [-0.39, 0.29) is 11.9 Å². The largest absolute Gasteiger partial charge is 0.497 e. The summed E-state index contributed by atoms with van der Waals surface area (Å²) in [5, 5.41) is 6.37. The van der Waals surface area contributed by atoms with Crippen LogP contribution in [0.1, 0.15) is 18.5 Å². The van der Waals surface area contributed by atoms with Crippen molar-refractivity contribution in [1.82, 2.24) is 9.55 Å². The first-order valence-corrected chi connectivity index (χ1v) is 10.6. The Morgan fingerprint density at radius 2 is 1.70 bits per heavy atom. The predicted octanol–water partition coefficient (Wildman–Crippen LogP) is 4.98. The number of carbonyl (C=O) groups is 1. The molecule has 0 spiro atoms. The number of rotatable bonds is 5. The van der Waals surface area contributed by atoms with Gasteiger partial charge in [-0.15, -0.1) is 0 Å². The van der Waals surface area contributed by atoms with Crippen LogP contribution in [-0.2, 0) is 4.79 Å². The van der Waals surface area contributed by atoms with E-state index in [1.165, 1.54) is 0 Å². The first kappa shape index (κ1) is 20.6. The van der Waals surface area contributed by atoms with Crippen LogP contribution in [0, 0.1) is 0 Å². The van der Waals surface area contributed by atoms with E-state index >= 15 is 0 Å². The molecule has 0 aliphatic carbocycles. The molecule has 0 radical (unpaired) electrons. The van der Waals surface area contributed by atoms with Crippen molar-refractivity contribution in [3.8, 4) is 11.5 Å². The zero-order chi connectivity index (χ0) is 22.9. The van der Waals surface area contributed by atoms with Crippen LogP contribution in [0.2, 0.25) is 0 Å². The van der Waals surface area contributed by atoms with Gasteiger partial charge in [-0.3, -0.25) is 9.36 Å². The molecule has 33 heavy (non-hydrogen) atoms. The number of fused-ring (bicyclic) bond motifs is 3. The number of nitrogens with one attached hydrogen (secondary N) is 2. The van der Waals surface area contributed by atoms with Crippen molar-refractivity contribution in [3.63, 3.8) is 0 Å². The standard InChI is InChI=1S/C26H24N4O3/c1-16-23(25(31)28-20-9-5-7-11-22(20)33-3)24(17-12-14-18(32-2)15-13-17)30-21-10-6-4-8-19(21)29-26(30)27-16/h4-15,24H,1-3H3,(H,27,29)(H,28,31). The zero-order valence-corrected chi connectivity index (χ0v) is 18.6. The lowest BCUT2D eigenvalue weighted by Gasteiger charge is -2.31. The van der Waals surface area contributed by atoms with E-state index in [1.807, 2.05) is 79.7 Å². The van der Waals surface area contributed by atoms with Gasteiger partial charge >= 0.3 is 0 Å². The highest BCUT2D eigenvalue weighted by Crippen LogP contribution is 2.40. The second kappa shape index (κ2) is 8.35. The fourth-order valence-corrected chi connectivity index (χ4v) is 4.30. The van der Waals surface area contributed by atoms with Gasteiger partial charge in [0.2, 0.25) is 5.95 Å². The molecule has 0 bridgehead atoms. The van der Waals surface area contributed by atoms with Crippen LogP contribution < -0.4 is 20.1 Å². The van der Waals surface area contributed by atoms with E-state index in [4.69, 9.17) is 14.5 Å². The topological polar surface area (TPSA) is 77.4 Å². The quantitative estimate of drug-likeness (QED) is 0.458. The molecule has 1 aromatic heterocycles. The molecular formula is C26H24N4O3. The van der Waals surface area contributed by atoms with Gasteiger partial charge in [0.1, 0.15) is 11.5 Å². The SMILES string of the molecule is COc1ccc(C2C(C(=O)Nc3ccccc3OC)=C(C)Nc3nc4ccccc4n32)cc1. The van der Waals surface area contributed by atoms with Crippen LogP contribution in [0.25, 0.3) is 11.0 Å². The van der Waals surface area contributed by atoms with Crippen LogP contribution in [0.3, 0.4) is 0 Å². The number of hydrogen-bond acceptors (Lipinski definition) is 5. The van der Waals surface area contributed by atoms with Gasteiger partial charge < -0.3 is 20.1 Å². The third-order valence-electron chi connectivity index (χ3n) is 5.86. The molecule has 3 aromatic carbocycles. The van der Waals surface area contributed by atoms with Crippen molar-refractivity contribution in [3.05, 3.63) is 89.6 Å². The molecule has 2 N–H and O–H groups in total.